The highest BCUT2D eigenvalue weighted by Crippen LogP contribution is 2.31. The van der Waals surface area contributed by atoms with Gasteiger partial charge in [-0.05, 0) is 33.8 Å². The van der Waals surface area contributed by atoms with E-state index in [0.717, 1.165) is 5.39 Å². The lowest BCUT2D eigenvalue weighted by molar-refractivity contribution is -0.237. The van der Waals surface area contributed by atoms with Crippen LogP contribution < -0.4 is 0 Å². The number of carbonyl (C=O) groups is 1. The second-order valence-electron chi connectivity index (χ2n) is 6.37. The summed E-state index contributed by atoms with van der Waals surface area (Å²) in [6.45, 7) is 7.39. The fourth-order valence-corrected chi connectivity index (χ4v) is 3.09. The molecule has 0 amide bonds. The zero-order valence-electron chi connectivity index (χ0n) is 14.1. The lowest BCUT2D eigenvalue weighted by atomic mass is 10.0. The average Bonchev–Trinajstić information content (AvgIpc) is 2.90. The molecule has 0 spiro atoms. The molecule has 0 aliphatic carbocycles. The molecular weight excluding hydrogens is 330 g/mol. The highest BCUT2D eigenvalue weighted by Gasteiger charge is 2.31. The Morgan fingerprint density at radius 1 is 1.42 bits per heavy atom. The molecule has 2 aromatic heterocycles. The minimum absolute atomic E-state index is 0.0194. The Morgan fingerprint density at radius 3 is 2.88 bits per heavy atom. The Balaban J connectivity index is 2.13. The van der Waals surface area contributed by atoms with Crippen molar-refractivity contribution >= 4 is 28.4 Å². The van der Waals surface area contributed by atoms with Crippen LogP contribution in [0.15, 0.2) is 30.2 Å². The molecule has 1 aliphatic rings. The topological polar surface area (TPSA) is 66.2 Å². The van der Waals surface area contributed by atoms with Gasteiger partial charge in [-0.2, -0.15) is 0 Å². The molecule has 2 aromatic rings. The molecule has 3 rings (SSSR count). The molecule has 6 nitrogen and oxygen atoms in total. The van der Waals surface area contributed by atoms with Crippen LogP contribution in [0.1, 0.15) is 33.7 Å². The van der Waals surface area contributed by atoms with Gasteiger partial charge in [0.1, 0.15) is 17.1 Å². The van der Waals surface area contributed by atoms with E-state index in [0.29, 0.717) is 16.4 Å². The van der Waals surface area contributed by atoms with E-state index in [-0.39, 0.29) is 24.5 Å². The fraction of sp³-hybridized carbons (Fsp3) is 0.471. The van der Waals surface area contributed by atoms with Crippen molar-refractivity contribution in [3.8, 4) is 0 Å². The molecule has 0 bridgehead atoms. The van der Waals surface area contributed by atoms with Crippen molar-refractivity contribution in [3.05, 3.63) is 35.4 Å². The summed E-state index contributed by atoms with van der Waals surface area (Å²) in [6.07, 6.45) is 4.97. The average molecular weight is 350 g/mol. The van der Waals surface area contributed by atoms with Gasteiger partial charge in [0.2, 0.25) is 0 Å². The number of ether oxygens (including phenoxy) is 2. The van der Waals surface area contributed by atoms with E-state index in [2.05, 4.69) is 9.97 Å². The third kappa shape index (κ3) is 3.22. The summed E-state index contributed by atoms with van der Waals surface area (Å²) in [6, 6.07) is 1.65. The standard InChI is InChI=1S/C17H20ClN3O3/c1-10(22)12-7-14(11(2)24-17(3,4)23-8-12)21-6-5-13-15(18)19-9-20-16(13)21/h5-7,9,11,14H,8H2,1-4H3/b12-7+/t11-,14-/m1/s1. The quantitative estimate of drug-likeness (QED) is 0.778. The highest BCUT2D eigenvalue weighted by molar-refractivity contribution is 6.33. The van der Waals surface area contributed by atoms with Crippen LogP contribution >= 0.6 is 11.6 Å². The largest absolute Gasteiger partial charge is 0.346 e. The van der Waals surface area contributed by atoms with Crippen molar-refractivity contribution in [2.45, 2.75) is 45.6 Å². The smallest absolute Gasteiger partial charge is 0.163 e. The van der Waals surface area contributed by atoms with Gasteiger partial charge in [-0.15, -0.1) is 0 Å². The lowest BCUT2D eigenvalue weighted by Gasteiger charge is -2.35. The maximum Gasteiger partial charge on any atom is 0.163 e. The number of rotatable bonds is 2. The number of hydrogen-bond acceptors (Lipinski definition) is 5. The van der Waals surface area contributed by atoms with Crippen molar-refractivity contribution in [3.63, 3.8) is 0 Å². The van der Waals surface area contributed by atoms with Crippen molar-refractivity contribution in [1.29, 1.82) is 0 Å². The van der Waals surface area contributed by atoms with Crippen LogP contribution in [0.3, 0.4) is 0 Å². The van der Waals surface area contributed by atoms with Crippen molar-refractivity contribution in [2.75, 3.05) is 6.61 Å². The third-order valence-electron chi connectivity index (χ3n) is 4.13. The summed E-state index contributed by atoms with van der Waals surface area (Å²) in [4.78, 5) is 20.3. The van der Waals surface area contributed by atoms with Gasteiger partial charge in [0.15, 0.2) is 11.6 Å². The molecule has 7 heteroatoms. The maximum absolute atomic E-state index is 12.0. The Kier molecular flexibility index (Phi) is 4.46. The first-order valence-corrected chi connectivity index (χ1v) is 8.17. The van der Waals surface area contributed by atoms with Gasteiger partial charge in [-0.1, -0.05) is 17.7 Å². The van der Waals surface area contributed by atoms with Crippen LogP contribution in [0.5, 0.6) is 0 Å². The van der Waals surface area contributed by atoms with Gasteiger partial charge in [0.25, 0.3) is 0 Å². The summed E-state index contributed by atoms with van der Waals surface area (Å²) in [5.41, 5.74) is 1.32. The van der Waals surface area contributed by atoms with E-state index in [1.165, 1.54) is 6.33 Å². The Bertz CT molecular complexity index is 813. The summed E-state index contributed by atoms with van der Waals surface area (Å²) in [5.74, 6) is -0.809. The van der Waals surface area contributed by atoms with E-state index in [4.69, 9.17) is 21.1 Å². The molecule has 0 aromatic carbocycles. The molecule has 0 fully saturated rings. The number of halogens is 1. The first-order valence-electron chi connectivity index (χ1n) is 7.79. The van der Waals surface area contributed by atoms with Gasteiger partial charge in [0.05, 0.1) is 24.1 Å². The second kappa shape index (κ2) is 6.27. The SMILES string of the molecule is CC(=O)/C1=C/[C@@H](n2ccc3c(Cl)ncnc32)[C@@H](C)OC(C)(C)OC1. The first-order chi connectivity index (χ1) is 11.3. The van der Waals surface area contributed by atoms with Crippen LogP contribution in [0, 0.1) is 0 Å². The third-order valence-corrected chi connectivity index (χ3v) is 4.43. The van der Waals surface area contributed by atoms with E-state index in [1.54, 1.807) is 6.92 Å². The van der Waals surface area contributed by atoms with Gasteiger partial charge in [-0.3, -0.25) is 4.79 Å². The molecule has 0 saturated carbocycles. The number of fused-ring (bicyclic) bond motifs is 1. The van der Waals surface area contributed by atoms with Crippen molar-refractivity contribution in [1.82, 2.24) is 14.5 Å². The van der Waals surface area contributed by atoms with Crippen molar-refractivity contribution < 1.29 is 14.3 Å². The molecule has 2 atom stereocenters. The number of ketones is 1. The minimum Gasteiger partial charge on any atom is -0.346 e. The molecule has 1 aliphatic heterocycles. The molecule has 128 valence electrons. The van der Waals surface area contributed by atoms with Crippen LogP contribution in [-0.4, -0.2) is 38.8 Å². The molecule has 0 unspecified atom stereocenters. The van der Waals surface area contributed by atoms with Crippen LogP contribution in [-0.2, 0) is 14.3 Å². The molecular formula is C17H20ClN3O3. The van der Waals surface area contributed by atoms with Crippen LogP contribution in [0.25, 0.3) is 11.0 Å². The van der Waals surface area contributed by atoms with Gasteiger partial charge < -0.3 is 14.0 Å². The number of nitrogens with zero attached hydrogens (tertiary/aromatic N) is 3. The highest BCUT2D eigenvalue weighted by atomic mass is 35.5. The molecule has 24 heavy (non-hydrogen) atoms. The van der Waals surface area contributed by atoms with Gasteiger partial charge >= 0.3 is 0 Å². The molecule has 0 saturated heterocycles. The summed E-state index contributed by atoms with van der Waals surface area (Å²) in [7, 11) is 0. The van der Waals surface area contributed by atoms with Crippen LogP contribution in [0.4, 0.5) is 0 Å². The summed E-state index contributed by atoms with van der Waals surface area (Å²) in [5, 5.41) is 1.17. The zero-order valence-corrected chi connectivity index (χ0v) is 14.9. The first kappa shape index (κ1) is 17.1. The molecule has 0 radical (unpaired) electrons. The van der Waals surface area contributed by atoms with Crippen LogP contribution in [0.2, 0.25) is 5.15 Å². The van der Waals surface area contributed by atoms with E-state index < -0.39 is 5.79 Å². The van der Waals surface area contributed by atoms with Crippen molar-refractivity contribution in [2.24, 2.45) is 0 Å². The normalized spacial score (nSPS) is 26.5. The van der Waals surface area contributed by atoms with E-state index in [9.17, 15) is 4.79 Å². The zero-order chi connectivity index (χ0) is 17.5. The van der Waals surface area contributed by atoms with E-state index in [1.807, 2.05) is 43.7 Å². The predicted molar refractivity (Wildman–Crippen MR) is 90.9 cm³/mol. The molecule has 3 heterocycles. The Hall–Kier alpha value is -1.76. The monoisotopic (exact) mass is 349 g/mol. The Labute approximate surface area is 145 Å². The predicted octanol–water partition coefficient (Wildman–Crippen LogP) is 3.31. The molecule has 0 N–H and O–H groups in total. The Morgan fingerprint density at radius 2 is 2.17 bits per heavy atom. The lowest BCUT2D eigenvalue weighted by Crippen LogP contribution is -2.39. The summed E-state index contributed by atoms with van der Waals surface area (Å²) < 4.78 is 13.7. The maximum atomic E-state index is 12.0. The second-order valence-corrected chi connectivity index (χ2v) is 6.73. The number of carbonyl (C=O) groups excluding carboxylic acids is 1. The fourth-order valence-electron chi connectivity index (χ4n) is 2.90. The number of Topliss-reactive ketones (excluding diaryl/α,β-unsaturated/α-hetero) is 1. The van der Waals surface area contributed by atoms with Gasteiger partial charge in [0, 0.05) is 11.8 Å². The number of hydrogen-bond donors (Lipinski definition) is 0. The number of aromatic nitrogens is 3. The van der Waals surface area contributed by atoms with E-state index >= 15 is 0 Å². The minimum atomic E-state index is -0.789. The van der Waals surface area contributed by atoms with Gasteiger partial charge in [-0.25, -0.2) is 9.97 Å². The summed E-state index contributed by atoms with van der Waals surface area (Å²) >= 11 is 6.14.